The smallest absolute Gasteiger partial charge is 0.126 e. The molecule has 1 aliphatic rings. The maximum Gasteiger partial charge on any atom is 0.126 e. The van der Waals surface area contributed by atoms with Crippen molar-refractivity contribution in [3.8, 4) is 0 Å². The summed E-state index contributed by atoms with van der Waals surface area (Å²) in [6.07, 6.45) is 2.57. The number of hydrogen-bond acceptors (Lipinski definition) is 0. The van der Waals surface area contributed by atoms with Crippen LogP contribution < -0.4 is 0 Å². The molecular formula is C10H11F. The van der Waals surface area contributed by atoms with Crippen LogP contribution in [-0.2, 0) is 0 Å². The first-order valence-electron chi connectivity index (χ1n) is 4.03. The maximum absolute atomic E-state index is 12.8. The molecule has 0 N–H and O–H groups in total. The second-order valence-corrected chi connectivity index (χ2v) is 3.28. The van der Waals surface area contributed by atoms with Gasteiger partial charge in [0, 0.05) is 0 Å². The highest BCUT2D eigenvalue weighted by atomic mass is 19.1. The van der Waals surface area contributed by atoms with Crippen molar-refractivity contribution in [1.29, 1.82) is 0 Å². The fourth-order valence-electron chi connectivity index (χ4n) is 1.34. The highest BCUT2D eigenvalue weighted by Gasteiger charge is 2.23. The SMILES string of the molecule is Cc1cc(C2CC2)ccc1F. The average Bonchev–Trinajstić information content (AvgIpc) is 2.77. The molecule has 58 valence electrons. The van der Waals surface area contributed by atoms with Crippen LogP contribution in [0.1, 0.15) is 29.9 Å². The van der Waals surface area contributed by atoms with Crippen LogP contribution in [0.15, 0.2) is 18.2 Å². The van der Waals surface area contributed by atoms with Gasteiger partial charge in [-0.05, 0) is 42.9 Å². The van der Waals surface area contributed by atoms with Gasteiger partial charge in [-0.2, -0.15) is 0 Å². The number of aryl methyl sites for hydroxylation is 1. The molecule has 11 heavy (non-hydrogen) atoms. The summed E-state index contributed by atoms with van der Waals surface area (Å²) in [5.74, 6) is 0.642. The molecule has 1 saturated carbocycles. The van der Waals surface area contributed by atoms with Crippen molar-refractivity contribution in [3.63, 3.8) is 0 Å². The lowest BCUT2D eigenvalue weighted by Gasteiger charge is -1.99. The molecule has 0 bridgehead atoms. The van der Waals surface area contributed by atoms with Crippen molar-refractivity contribution in [2.45, 2.75) is 25.7 Å². The molecule has 0 aliphatic heterocycles. The molecule has 0 amide bonds. The Morgan fingerprint density at radius 3 is 2.64 bits per heavy atom. The quantitative estimate of drug-likeness (QED) is 0.577. The molecule has 1 aliphatic carbocycles. The third kappa shape index (κ3) is 1.28. The molecule has 1 fully saturated rings. The van der Waals surface area contributed by atoms with E-state index in [-0.39, 0.29) is 5.82 Å². The summed E-state index contributed by atoms with van der Waals surface area (Å²) in [5, 5.41) is 0. The first-order valence-corrected chi connectivity index (χ1v) is 4.03. The highest BCUT2D eigenvalue weighted by Crippen LogP contribution is 2.40. The summed E-state index contributed by atoms with van der Waals surface area (Å²) >= 11 is 0. The molecule has 1 heteroatoms. The Hall–Kier alpha value is -0.850. The molecular weight excluding hydrogens is 139 g/mol. The first-order chi connectivity index (χ1) is 5.27. The van der Waals surface area contributed by atoms with Crippen LogP contribution in [0.5, 0.6) is 0 Å². The summed E-state index contributed by atoms with van der Waals surface area (Å²) in [6.45, 7) is 1.82. The Morgan fingerprint density at radius 1 is 1.36 bits per heavy atom. The van der Waals surface area contributed by atoms with Crippen LogP contribution in [0.25, 0.3) is 0 Å². The zero-order chi connectivity index (χ0) is 7.84. The molecule has 0 radical (unpaired) electrons. The van der Waals surface area contributed by atoms with Gasteiger partial charge >= 0.3 is 0 Å². The van der Waals surface area contributed by atoms with Gasteiger partial charge in [-0.25, -0.2) is 4.39 Å². The molecule has 0 atom stereocenters. The van der Waals surface area contributed by atoms with E-state index >= 15 is 0 Å². The normalized spacial score (nSPS) is 16.9. The Balaban J connectivity index is 2.36. The molecule has 0 unspecified atom stereocenters. The summed E-state index contributed by atoms with van der Waals surface area (Å²) < 4.78 is 12.8. The number of rotatable bonds is 1. The Kier molecular flexibility index (Phi) is 1.45. The van der Waals surface area contributed by atoms with Crippen molar-refractivity contribution in [1.82, 2.24) is 0 Å². The van der Waals surface area contributed by atoms with Crippen LogP contribution >= 0.6 is 0 Å². The van der Waals surface area contributed by atoms with Gasteiger partial charge < -0.3 is 0 Å². The molecule has 0 aromatic heterocycles. The predicted molar refractivity (Wildman–Crippen MR) is 43.1 cm³/mol. The van der Waals surface area contributed by atoms with Gasteiger partial charge in [0.1, 0.15) is 5.82 Å². The van der Waals surface area contributed by atoms with Gasteiger partial charge in [-0.15, -0.1) is 0 Å². The van der Waals surface area contributed by atoms with E-state index in [4.69, 9.17) is 0 Å². The fourth-order valence-corrected chi connectivity index (χ4v) is 1.34. The minimum atomic E-state index is -0.0885. The molecule has 0 saturated heterocycles. The van der Waals surface area contributed by atoms with Gasteiger partial charge in [-0.3, -0.25) is 0 Å². The van der Waals surface area contributed by atoms with E-state index in [2.05, 4.69) is 0 Å². The fraction of sp³-hybridized carbons (Fsp3) is 0.400. The van der Waals surface area contributed by atoms with E-state index < -0.39 is 0 Å². The lowest BCUT2D eigenvalue weighted by molar-refractivity contribution is 0.617. The number of benzene rings is 1. The van der Waals surface area contributed by atoms with Gasteiger partial charge in [0.25, 0.3) is 0 Å². The highest BCUT2D eigenvalue weighted by molar-refractivity contribution is 5.29. The van der Waals surface area contributed by atoms with Gasteiger partial charge in [0.05, 0.1) is 0 Å². The Morgan fingerprint density at radius 2 is 2.09 bits per heavy atom. The summed E-state index contributed by atoms with van der Waals surface area (Å²) in [6, 6.07) is 5.44. The van der Waals surface area contributed by atoms with E-state index in [1.165, 1.54) is 18.4 Å². The summed E-state index contributed by atoms with van der Waals surface area (Å²) in [5.41, 5.74) is 2.08. The van der Waals surface area contributed by atoms with Gasteiger partial charge in [0.15, 0.2) is 0 Å². The zero-order valence-corrected chi connectivity index (χ0v) is 6.60. The topological polar surface area (TPSA) is 0 Å². The summed E-state index contributed by atoms with van der Waals surface area (Å²) in [4.78, 5) is 0. The molecule has 0 nitrogen and oxygen atoms in total. The molecule has 1 aromatic rings. The lowest BCUT2D eigenvalue weighted by Crippen LogP contribution is -1.85. The van der Waals surface area contributed by atoms with Crippen LogP contribution in [0.2, 0.25) is 0 Å². The van der Waals surface area contributed by atoms with E-state index in [1.54, 1.807) is 6.07 Å². The third-order valence-electron chi connectivity index (χ3n) is 2.23. The predicted octanol–water partition coefficient (Wildman–Crippen LogP) is 3.01. The average molecular weight is 150 g/mol. The van der Waals surface area contributed by atoms with Gasteiger partial charge in [0.2, 0.25) is 0 Å². The maximum atomic E-state index is 12.8. The minimum Gasteiger partial charge on any atom is -0.207 e. The molecule has 0 spiro atoms. The van der Waals surface area contributed by atoms with Crippen LogP contribution in [0.3, 0.4) is 0 Å². The molecule has 1 aromatic carbocycles. The van der Waals surface area contributed by atoms with E-state index in [0.717, 1.165) is 11.5 Å². The second-order valence-electron chi connectivity index (χ2n) is 3.28. The lowest BCUT2D eigenvalue weighted by atomic mass is 10.1. The second kappa shape index (κ2) is 2.33. The monoisotopic (exact) mass is 150 g/mol. The summed E-state index contributed by atoms with van der Waals surface area (Å²) in [7, 11) is 0. The van der Waals surface area contributed by atoms with Crippen LogP contribution in [0.4, 0.5) is 4.39 Å². The Labute approximate surface area is 66.1 Å². The van der Waals surface area contributed by atoms with Crippen molar-refractivity contribution >= 4 is 0 Å². The minimum absolute atomic E-state index is 0.0885. The standard InChI is InChI=1S/C10H11F/c1-7-6-9(8-2-3-8)4-5-10(7)11/h4-6,8H,2-3H2,1H3. The molecule has 0 heterocycles. The Bertz CT molecular complexity index is 274. The van der Waals surface area contributed by atoms with Crippen molar-refractivity contribution < 1.29 is 4.39 Å². The van der Waals surface area contributed by atoms with Crippen molar-refractivity contribution in [2.24, 2.45) is 0 Å². The molecule has 2 rings (SSSR count). The third-order valence-corrected chi connectivity index (χ3v) is 2.23. The van der Waals surface area contributed by atoms with E-state index in [1.807, 2.05) is 19.1 Å². The first kappa shape index (κ1) is 6.84. The zero-order valence-electron chi connectivity index (χ0n) is 6.60. The van der Waals surface area contributed by atoms with Crippen molar-refractivity contribution in [2.75, 3.05) is 0 Å². The number of hydrogen-bond donors (Lipinski definition) is 0. The largest absolute Gasteiger partial charge is 0.207 e. The van der Waals surface area contributed by atoms with Crippen LogP contribution in [-0.4, -0.2) is 0 Å². The van der Waals surface area contributed by atoms with Crippen LogP contribution in [0, 0.1) is 12.7 Å². The van der Waals surface area contributed by atoms with Crippen molar-refractivity contribution in [3.05, 3.63) is 35.1 Å². The van der Waals surface area contributed by atoms with E-state index in [9.17, 15) is 4.39 Å². The number of halogens is 1. The van der Waals surface area contributed by atoms with E-state index in [0.29, 0.717) is 0 Å². The van der Waals surface area contributed by atoms with Gasteiger partial charge in [-0.1, -0.05) is 12.1 Å².